The minimum Gasteiger partial charge on any atom is -0.486 e. The first-order chi connectivity index (χ1) is 22.7. The molecule has 0 saturated heterocycles. The second kappa shape index (κ2) is 15.7. The van der Waals surface area contributed by atoms with Crippen molar-refractivity contribution >= 4 is 11.7 Å². The number of aryl methyl sites for hydroxylation is 1. The number of rotatable bonds is 14. The molecule has 5 rings (SSSR count). The van der Waals surface area contributed by atoms with Crippen molar-refractivity contribution < 1.29 is 19.4 Å². The quantitative estimate of drug-likeness (QED) is 0.186. The molecule has 0 unspecified atom stereocenters. The van der Waals surface area contributed by atoms with Gasteiger partial charge in [0.15, 0.2) is 11.5 Å². The summed E-state index contributed by atoms with van der Waals surface area (Å²) < 4.78 is 11.7. The summed E-state index contributed by atoms with van der Waals surface area (Å²) in [6.45, 7) is 14.7. The Bertz CT molecular complexity index is 1670. The summed E-state index contributed by atoms with van der Waals surface area (Å²) in [6, 6.07) is 21.6. The summed E-state index contributed by atoms with van der Waals surface area (Å²) in [7, 11) is 0. The van der Waals surface area contributed by atoms with Crippen molar-refractivity contribution in [2.75, 3.05) is 26.3 Å². The van der Waals surface area contributed by atoms with E-state index >= 15 is 0 Å². The molecule has 0 aromatic heterocycles. The van der Waals surface area contributed by atoms with Crippen LogP contribution in [0.15, 0.2) is 108 Å². The number of carbonyl (C=O) groups is 1. The summed E-state index contributed by atoms with van der Waals surface area (Å²) in [6.07, 6.45) is 8.51. The summed E-state index contributed by atoms with van der Waals surface area (Å²) in [4.78, 5) is 16.3. The van der Waals surface area contributed by atoms with Gasteiger partial charge in [-0.25, -0.2) is 4.79 Å². The Hall–Kier alpha value is -4.75. The van der Waals surface area contributed by atoms with E-state index in [-0.39, 0.29) is 5.56 Å². The van der Waals surface area contributed by atoms with E-state index in [9.17, 15) is 9.90 Å². The van der Waals surface area contributed by atoms with Crippen molar-refractivity contribution in [1.29, 1.82) is 0 Å². The van der Waals surface area contributed by atoms with Crippen LogP contribution in [0, 0.1) is 6.92 Å². The predicted octanol–water partition coefficient (Wildman–Crippen LogP) is 8.08. The third-order valence-electron chi connectivity index (χ3n) is 8.79. The maximum atomic E-state index is 11.6. The molecule has 0 fully saturated rings. The number of hydrogen-bond acceptors (Lipinski definition) is 6. The van der Waals surface area contributed by atoms with E-state index < -0.39 is 5.97 Å². The van der Waals surface area contributed by atoms with Crippen LogP contribution in [-0.4, -0.2) is 47.2 Å². The van der Waals surface area contributed by atoms with Gasteiger partial charge in [0.2, 0.25) is 0 Å². The molecule has 3 N–H and O–H groups in total. The average Bonchev–Trinajstić information content (AvgIpc) is 3.08. The van der Waals surface area contributed by atoms with Gasteiger partial charge in [0.25, 0.3) is 0 Å². The highest BCUT2D eigenvalue weighted by molar-refractivity contribution is 5.87. The second-order valence-electron chi connectivity index (χ2n) is 12.4. The number of carboxylic acids is 1. The predicted molar refractivity (Wildman–Crippen MR) is 189 cm³/mol. The summed E-state index contributed by atoms with van der Waals surface area (Å²) >= 11 is 0. The van der Waals surface area contributed by atoms with E-state index in [1.165, 1.54) is 16.7 Å². The van der Waals surface area contributed by atoms with Crippen molar-refractivity contribution in [2.24, 2.45) is 5.73 Å². The number of unbranched alkanes of at least 4 members (excludes halogenated alkanes) is 1. The van der Waals surface area contributed by atoms with Gasteiger partial charge in [0.05, 0.1) is 17.0 Å². The number of benzene rings is 3. The summed E-state index contributed by atoms with van der Waals surface area (Å²) in [5.74, 6) is 0.567. The number of nitrogens with two attached hydrogens (primary N) is 1. The lowest BCUT2D eigenvalue weighted by atomic mass is 9.95. The van der Waals surface area contributed by atoms with Crippen LogP contribution >= 0.6 is 0 Å². The number of carboxylic acid groups (broad SMARTS) is 1. The SMILES string of the molecule is C=C(C1=C(C)CCC=C1)N(CCCC)/C(CN(Cc1ccc(C(=O)O)cc1)Cc1ccc2c(c1)OCCO2)=C(\N)c1ccc(C)cc1. The molecule has 47 heavy (non-hydrogen) atoms. The molecule has 0 amide bonds. The lowest BCUT2D eigenvalue weighted by Crippen LogP contribution is -2.35. The molecule has 2 aliphatic rings. The first-order valence-electron chi connectivity index (χ1n) is 16.6. The Morgan fingerprint density at radius 2 is 1.57 bits per heavy atom. The average molecular weight is 634 g/mol. The maximum Gasteiger partial charge on any atom is 0.335 e. The number of fused-ring (bicyclic) bond motifs is 1. The van der Waals surface area contributed by atoms with Gasteiger partial charge in [-0.05, 0) is 79.6 Å². The molecule has 1 aliphatic carbocycles. The van der Waals surface area contributed by atoms with E-state index in [1.54, 1.807) is 12.1 Å². The topological polar surface area (TPSA) is 88.3 Å². The van der Waals surface area contributed by atoms with Crippen molar-refractivity contribution in [1.82, 2.24) is 9.80 Å². The number of allylic oxidation sites excluding steroid dienone is 3. The molecule has 1 heterocycles. The van der Waals surface area contributed by atoms with Crippen molar-refractivity contribution in [3.05, 3.63) is 136 Å². The number of nitrogens with zero attached hydrogens (tertiary/aromatic N) is 2. The molecule has 7 heteroatoms. The zero-order valence-electron chi connectivity index (χ0n) is 27.9. The van der Waals surface area contributed by atoms with E-state index in [4.69, 9.17) is 15.2 Å². The minimum atomic E-state index is -0.938. The highest BCUT2D eigenvalue weighted by Crippen LogP contribution is 2.33. The summed E-state index contributed by atoms with van der Waals surface area (Å²) in [5, 5.41) is 9.49. The first-order valence-corrected chi connectivity index (χ1v) is 16.6. The number of ether oxygens (including phenoxy) is 2. The Labute approximate surface area is 279 Å². The third-order valence-corrected chi connectivity index (χ3v) is 8.79. The number of hydrogen-bond donors (Lipinski definition) is 2. The van der Waals surface area contributed by atoms with Gasteiger partial charge in [-0.2, -0.15) is 0 Å². The Morgan fingerprint density at radius 1 is 0.915 bits per heavy atom. The zero-order valence-corrected chi connectivity index (χ0v) is 27.9. The van der Waals surface area contributed by atoms with Gasteiger partial charge in [0.1, 0.15) is 13.2 Å². The Morgan fingerprint density at radius 3 is 2.26 bits per heavy atom. The van der Waals surface area contributed by atoms with Crippen LogP contribution in [0.4, 0.5) is 0 Å². The minimum absolute atomic E-state index is 0.266. The fourth-order valence-corrected chi connectivity index (χ4v) is 6.07. The maximum absolute atomic E-state index is 11.6. The van der Waals surface area contributed by atoms with E-state index in [1.807, 2.05) is 18.2 Å². The van der Waals surface area contributed by atoms with E-state index in [2.05, 4.69) is 85.7 Å². The van der Waals surface area contributed by atoms with E-state index in [0.717, 1.165) is 71.8 Å². The van der Waals surface area contributed by atoms with Gasteiger partial charge < -0.3 is 25.2 Å². The van der Waals surface area contributed by atoms with Crippen LogP contribution in [0.25, 0.3) is 5.70 Å². The highest BCUT2D eigenvalue weighted by Gasteiger charge is 2.24. The monoisotopic (exact) mass is 633 g/mol. The van der Waals surface area contributed by atoms with Gasteiger partial charge in [-0.3, -0.25) is 4.90 Å². The van der Waals surface area contributed by atoms with Gasteiger partial charge in [-0.15, -0.1) is 0 Å². The molecule has 0 spiro atoms. The summed E-state index contributed by atoms with van der Waals surface area (Å²) in [5.41, 5.74) is 16.8. The molecule has 0 radical (unpaired) electrons. The van der Waals surface area contributed by atoms with Crippen molar-refractivity contribution in [3.8, 4) is 11.5 Å². The van der Waals surface area contributed by atoms with Gasteiger partial charge in [0, 0.05) is 31.9 Å². The lowest BCUT2D eigenvalue weighted by molar-refractivity contribution is 0.0697. The van der Waals surface area contributed by atoms with Crippen molar-refractivity contribution in [2.45, 2.75) is 59.5 Å². The fourth-order valence-electron chi connectivity index (χ4n) is 6.07. The van der Waals surface area contributed by atoms with Crippen LogP contribution in [0.2, 0.25) is 0 Å². The Kier molecular flexibility index (Phi) is 11.2. The van der Waals surface area contributed by atoms with Crippen molar-refractivity contribution in [3.63, 3.8) is 0 Å². The largest absolute Gasteiger partial charge is 0.486 e. The molecule has 0 saturated carbocycles. The standard InChI is InChI=1S/C40H47N3O4/c1-5-6-21-43(30(4)35-10-8-7-9-29(35)3)36(39(41)33-16-11-28(2)12-17-33)27-42(25-31-13-18-34(19-14-31)40(44)45)26-32-15-20-37-38(24-32)47-23-22-46-37/h8,10-20,24H,4-7,9,21-23,25-27,41H2,1-3H3,(H,44,45)/b39-36-. The van der Waals surface area contributed by atoms with Crippen LogP contribution in [0.3, 0.4) is 0 Å². The zero-order chi connectivity index (χ0) is 33.3. The first kappa shape index (κ1) is 33.6. The smallest absolute Gasteiger partial charge is 0.335 e. The third kappa shape index (κ3) is 8.54. The normalized spacial score (nSPS) is 14.6. The second-order valence-corrected chi connectivity index (χ2v) is 12.4. The molecular formula is C40H47N3O4. The molecule has 246 valence electrons. The van der Waals surface area contributed by atoms with Crippen LogP contribution in [0.5, 0.6) is 11.5 Å². The van der Waals surface area contributed by atoms with Gasteiger partial charge >= 0.3 is 5.97 Å². The Balaban J connectivity index is 1.58. The van der Waals surface area contributed by atoms with Crippen LogP contribution in [-0.2, 0) is 13.1 Å². The molecular weight excluding hydrogens is 586 g/mol. The van der Waals surface area contributed by atoms with Crippen LogP contribution in [0.1, 0.15) is 72.1 Å². The molecule has 0 bridgehead atoms. The molecule has 3 aromatic carbocycles. The molecule has 7 nitrogen and oxygen atoms in total. The highest BCUT2D eigenvalue weighted by atomic mass is 16.6. The lowest BCUT2D eigenvalue weighted by Gasteiger charge is -2.36. The van der Waals surface area contributed by atoms with E-state index in [0.29, 0.717) is 38.5 Å². The molecule has 3 aromatic rings. The van der Waals surface area contributed by atoms with Gasteiger partial charge in [-0.1, -0.05) is 85.7 Å². The molecule has 1 aliphatic heterocycles. The fraction of sp³-hybridized carbons (Fsp3) is 0.325. The molecule has 0 atom stereocenters. The number of aromatic carboxylic acids is 1. The van der Waals surface area contributed by atoms with Crippen LogP contribution < -0.4 is 15.2 Å².